The molecule has 0 atom stereocenters. The van der Waals surface area contributed by atoms with E-state index in [-0.39, 0.29) is 5.89 Å². The van der Waals surface area contributed by atoms with Crippen LogP contribution in [-0.4, -0.2) is 39.5 Å². The number of aryl methyl sites for hydroxylation is 2. The third kappa shape index (κ3) is 2.30. The molecule has 17 heavy (non-hydrogen) atoms. The average molecular weight is 240 g/mol. The molecule has 0 unspecified atom stereocenters. The van der Waals surface area contributed by atoms with E-state index in [2.05, 4.69) is 4.98 Å². The molecule has 1 aromatic heterocycles. The van der Waals surface area contributed by atoms with Gasteiger partial charge >= 0.3 is 11.9 Å². The first-order chi connectivity index (χ1) is 7.67. The number of carbonyl (C=O) groups excluding carboxylic acids is 1. The lowest BCUT2D eigenvalue weighted by Crippen LogP contribution is -2.50. The van der Waals surface area contributed by atoms with E-state index in [1.165, 1.54) is 20.9 Å². The van der Waals surface area contributed by atoms with Gasteiger partial charge in [0.1, 0.15) is 11.3 Å². The molecule has 0 aliphatic rings. The zero-order valence-electron chi connectivity index (χ0n) is 10.6. The summed E-state index contributed by atoms with van der Waals surface area (Å²) in [7, 11) is 1.41. The Kier molecular flexibility index (Phi) is 3.26. The van der Waals surface area contributed by atoms with Crippen LogP contribution in [0.25, 0.3) is 0 Å². The van der Waals surface area contributed by atoms with Gasteiger partial charge in [0.15, 0.2) is 0 Å². The predicted molar refractivity (Wildman–Crippen MR) is 59.8 cm³/mol. The van der Waals surface area contributed by atoms with Crippen LogP contribution in [-0.2, 0) is 4.79 Å². The molecule has 6 heteroatoms. The van der Waals surface area contributed by atoms with Crippen LogP contribution in [0.3, 0.4) is 0 Å². The Bertz CT molecular complexity index is 443. The highest BCUT2D eigenvalue weighted by molar-refractivity contribution is 5.94. The van der Waals surface area contributed by atoms with Crippen molar-refractivity contribution in [1.82, 2.24) is 9.88 Å². The molecule has 0 aliphatic carbocycles. The van der Waals surface area contributed by atoms with Gasteiger partial charge in [-0.25, -0.2) is 9.78 Å². The maximum atomic E-state index is 12.0. The fourth-order valence-corrected chi connectivity index (χ4v) is 1.10. The van der Waals surface area contributed by atoms with E-state index < -0.39 is 17.4 Å². The zero-order valence-corrected chi connectivity index (χ0v) is 10.6. The van der Waals surface area contributed by atoms with E-state index >= 15 is 0 Å². The summed E-state index contributed by atoms with van der Waals surface area (Å²) in [5.74, 6) is -1.17. The number of amides is 1. The summed E-state index contributed by atoms with van der Waals surface area (Å²) in [6.45, 7) is 6.30. The molecule has 1 N–H and O–H groups in total. The van der Waals surface area contributed by atoms with E-state index in [0.29, 0.717) is 11.5 Å². The first-order valence-electron chi connectivity index (χ1n) is 5.13. The smallest absolute Gasteiger partial charge is 0.329 e. The topological polar surface area (TPSA) is 83.6 Å². The Balaban J connectivity index is 3.02. The van der Waals surface area contributed by atoms with E-state index in [4.69, 9.17) is 9.52 Å². The summed E-state index contributed by atoms with van der Waals surface area (Å²) in [5, 5.41) is 9.02. The number of likely N-dealkylation sites (N-methyl/N-ethyl adjacent to an activating group) is 1. The minimum absolute atomic E-state index is 0.0863. The maximum absolute atomic E-state index is 12.0. The molecule has 0 spiro atoms. The van der Waals surface area contributed by atoms with Crippen LogP contribution in [0, 0.1) is 13.8 Å². The van der Waals surface area contributed by atoms with E-state index in [9.17, 15) is 9.59 Å². The molecule has 0 fully saturated rings. The van der Waals surface area contributed by atoms with Gasteiger partial charge in [0.05, 0.1) is 5.69 Å². The standard InChI is InChI=1S/C11H16N2O4/c1-6-7(2)17-8(12-6)9(14)13(5)11(3,4)10(15)16/h1-5H3,(H,15,16). The number of oxazole rings is 1. The zero-order chi connectivity index (χ0) is 13.4. The Morgan fingerprint density at radius 1 is 1.35 bits per heavy atom. The highest BCUT2D eigenvalue weighted by Crippen LogP contribution is 2.17. The van der Waals surface area contributed by atoms with Crippen molar-refractivity contribution in [3.8, 4) is 0 Å². The normalized spacial score (nSPS) is 11.4. The third-order valence-corrected chi connectivity index (χ3v) is 2.88. The predicted octanol–water partition coefficient (Wildman–Crippen LogP) is 1.23. The highest BCUT2D eigenvalue weighted by atomic mass is 16.4. The highest BCUT2D eigenvalue weighted by Gasteiger charge is 2.37. The van der Waals surface area contributed by atoms with Gasteiger partial charge in [-0.1, -0.05) is 0 Å². The quantitative estimate of drug-likeness (QED) is 0.858. The summed E-state index contributed by atoms with van der Waals surface area (Å²) in [6.07, 6.45) is 0. The number of nitrogens with zero attached hydrogens (tertiary/aromatic N) is 2. The molecule has 1 heterocycles. The van der Waals surface area contributed by atoms with Gasteiger partial charge < -0.3 is 14.4 Å². The SMILES string of the molecule is Cc1nc(C(=O)N(C)C(C)(C)C(=O)O)oc1C. The summed E-state index contributed by atoms with van der Waals surface area (Å²) in [5.41, 5.74) is -0.692. The van der Waals surface area contributed by atoms with E-state index in [1.807, 2.05) is 0 Å². The number of carboxylic acid groups (broad SMARTS) is 1. The molecule has 0 saturated heterocycles. The molecule has 6 nitrogen and oxygen atoms in total. The van der Waals surface area contributed by atoms with Gasteiger partial charge in [-0.15, -0.1) is 0 Å². The van der Waals surface area contributed by atoms with Gasteiger partial charge in [-0.2, -0.15) is 0 Å². The van der Waals surface area contributed by atoms with Crippen molar-refractivity contribution < 1.29 is 19.1 Å². The van der Waals surface area contributed by atoms with Crippen LogP contribution < -0.4 is 0 Å². The number of aromatic nitrogens is 1. The molecule has 1 amide bonds. The molecule has 1 rings (SSSR count). The lowest BCUT2D eigenvalue weighted by molar-refractivity contribution is -0.147. The van der Waals surface area contributed by atoms with Crippen molar-refractivity contribution >= 4 is 11.9 Å². The maximum Gasteiger partial charge on any atom is 0.329 e. The van der Waals surface area contributed by atoms with Crippen molar-refractivity contribution in [2.75, 3.05) is 7.05 Å². The summed E-state index contributed by atoms with van der Waals surface area (Å²) < 4.78 is 5.18. The van der Waals surface area contributed by atoms with Crippen LogP contribution in [0.5, 0.6) is 0 Å². The third-order valence-electron chi connectivity index (χ3n) is 2.88. The first kappa shape index (κ1) is 13.2. The molecule has 0 radical (unpaired) electrons. The second kappa shape index (κ2) is 4.20. The molecule has 0 aromatic carbocycles. The average Bonchev–Trinajstić information content (AvgIpc) is 2.56. The largest absolute Gasteiger partial charge is 0.480 e. The molecule has 94 valence electrons. The lowest BCUT2D eigenvalue weighted by atomic mass is 10.0. The minimum atomic E-state index is -1.31. The Hall–Kier alpha value is -1.85. The van der Waals surface area contributed by atoms with E-state index in [1.54, 1.807) is 13.8 Å². The van der Waals surface area contributed by atoms with Crippen LogP contribution in [0.15, 0.2) is 4.42 Å². The summed E-state index contributed by atoms with van der Waals surface area (Å²) in [6, 6.07) is 0. The Morgan fingerprint density at radius 2 is 1.88 bits per heavy atom. The fourth-order valence-electron chi connectivity index (χ4n) is 1.10. The lowest BCUT2D eigenvalue weighted by Gasteiger charge is -2.30. The van der Waals surface area contributed by atoms with E-state index in [0.717, 1.165) is 4.90 Å². The van der Waals surface area contributed by atoms with Gasteiger partial charge in [0, 0.05) is 7.05 Å². The second-order valence-electron chi connectivity index (χ2n) is 4.39. The van der Waals surface area contributed by atoms with Gasteiger partial charge in [-0.05, 0) is 27.7 Å². The molecule has 1 aromatic rings. The number of hydrogen-bond acceptors (Lipinski definition) is 4. The Morgan fingerprint density at radius 3 is 2.24 bits per heavy atom. The Labute approximate surface area is 99.2 Å². The van der Waals surface area contributed by atoms with Crippen molar-refractivity contribution in [1.29, 1.82) is 0 Å². The van der Waals surface area contributed by atoms with Gasteiger partial charge in [-0.3, -0.25) is 4.79 Å². The van der Waals surface area contributed by atoms with Crippen LogP contribution in [0.2, 0.25) is 0 Å². The van der Waals surface area contributed by atoms with Crippen LogP contribution >= 0.6 is 0 Å². The summed E-state index contributed by atoms with van der Waals surface area (Å²) in [4.78, 5) is 28.0. The van der Waals surface area contributed by atoms with Crippen LogP contribution in [0.1, 0.15) is 36.0 Å². The van der Waals surface area contributed by atoms with Crippen molar-refractivity contribution in [3.63, 3.8) is 0 Å². The molecule has 0 saturated carbocycles. The summed E-state index contributed by atoms with van der Waals surface area (Å²) >= 11 is 0. The number of carbonyl (C=O) groups is 2. The number of hydrogen-bond donors (Lipinski definition) is 1. The van der Waals surface area contributed by atoms with Gasteiger partial charge in [0.2, 0.25) is 0 Å². The molecule has 0 aliphatic heterocycles. The van der Waals surface area contributed by atoms with Gasteiger partial charge in [0.25, 0.3) is 5.89 Å². The number of carboxylic acids is 1. The van der Waals surface area contributed by atoms with Crippen molar-refractivity contribution in [2.45, 2.75) is 33.2 Å². The number of rotatable bonds is 3. The second-order valence-corrected chi connectivity index (χ2v) is 4.39. The molecular weight excluding hydrogens is 224 g/mol. The first-order valence-corrected chi connectivity index (χ1v) is 5.13. The fraction of sp³-hybridized carbons (Fsp3) is 0.545. The van der Waals surface area contributed by atoms with Crippen molar-refractivity contribution in [2.24, 2.45) is 0 Å². The van der Waals surface area contributed by atoms with Crippen LogP contribution in [0.4, 0.5) is 0 Å². The number of aliphatic carboxylic acids is 1. The minimum Gasteiger partial charge on any atom is -0.480 e. The molecular formula is C11H16N2O4. The molecule has 0 bridgehead atoms. The monoisotopic (exact) mass is 240 g/mol. The van der Waals surface area contributed by atoms with Crippen molar-refractivity contribution in [3.05, 3.63) is 17.3 Å².